The number of aliphatic hydroxyl groups is 1. The summed E-state index contributed by atoms with van der Waals surface area (Å²) in [6.07, 6.45) is 0. The Hall–Kier alpha value is -0.750. The SMILES string of the molecule is COc1cc(Br)c(Oc2cc(Cl)ccc2CO)cc1Br. The van der Waals surface area contributed by atoms with E-state index in [0.29, 0.717) is 27.8 Å². The van der Waals surface area contributed by atoms with Gasteiger partial charge in [-0.2, -0.15) is 0 Å². The fourth-order valence-corrected chi connectivity index (χ4v) is 2.67. The topological polar surface area (TPSA) is 38.7 Å². The van der Waals surface area contributed by atoms with Gasteiger partial charge in [-0.3, -0.25) is 0 Å². The van der Waals surface area contributed by atoms with Crippen LogP contribution in [0.1, 0.15) is 5.56 Å². The van der Waals surface area contributed by atoms with Crippen molar-refractivity contribution in [2.75, 3.05) is 7.11 Å². The van der Waals surface area contributed by atoms with Crippen LogP contribution >= 0.6 is 43.5 Å². The fraction of sp³-hybridized carbons (Fsp3) is 0.143. The first-order valence-electron chi connectivity index (χ1n) is 5.65. The van der Waals surface area contributed by atoms with Crippen LogP contribution in [0.2, 0.25) is 5.02 Å². The van der Waals surface area contributed by atoms with E-state index in [1.54, 1.807) is 37.4 Å². The molecule has 3 nitrogen and oxygen atoms in total. The van der Waals surface area contributed by atoms with Gasteiger partial charge >= 0.3 is 0 Å². The first-order chi connectivity index (χ1) is 9.55. The smallest absolute Gasteiger partial charge is 0.143 e. The third-order valence-corrected chi connectivity index (χ3v) is 4.10. The molecule has 2 aromatic carbocycles. The van der Waals surface area contributed by atoms with Gasteiger partial charge in [0.05, 0.1) is 22.7 Å². The van der Waals surface area contributed by atoms with Gasteiger partial charge in [0.25, 0.3) is 0 Å². The van der Waals surface area contributed by atoms with Crippen molar-refractivity contribution in [1.82, 2.24) is 0 Å². The average molecular weight is 423 g/mol. The second kappa shape index (κ2) is 6.80. The predicted molar refractivity (Wildman–Crippen MR) is 85.8 cm³/mol. The minimum atomic E-state index is -0.124. The Morgan fingerprint density at radius 3 is 2.35 bits per heavy atom. The molecular weight excluding hydrogens is 411 g/mol. The number of halogens is 3. The molecule has 2 rings (SSSR count). The Morgan fingerprint density at radius 2 is 1.70 bits per heavy atom. The summed E-state index contributed by atoms with van der Waals surface area (Å²) in [5.41, 5.74) is 0.660. The van der Waals surface area contributed by atoms with Crippen molar-refractivity contribution in [3.63, 3.8) is 0 Å². The second-order valence-electron chi connectivity index (χ2n) is 3.93. The van der Waals surface area contributed by atoms with E-state index >= 15 is 0 Å². The van der Waals surface area contributed by atoms with Crippen molar-refractivity contribution >= 4 is 43.5 Å². The van der Waals surface area contributed by atoms with Crippen LogP contribution in [0.25, 0.3) is 0 Å². The number of methoxy groups -OCH3 is 1. The van der Waals surface area contributed by atoms with Crippen LogP contribution in [-0.4, -0.2) is 12.2 Å². The van der Waals surface area contributed by atoms with E-state index in [2.05, 4.69) is 31.9 Å². The quantitative estimate of drug-likeness (QED) is 0.740. The lowest BCUT2D eigenvalue weighted by molar-refractivity contribution is 0.276. The Balaban J connectivity index is 2.39. The molecule has 0 saturated carbocycles. The molecule has 0 radical (unpaired) electrons. The predicted octanol–water partition coefficient (Wildman–Crippen LogP) is 5.16. The third kappa shape index (κ3) is 3.47. The summed E-state index contributed by atoms with van der Waals surface area (Å²) in [5.74, 6) is 1.80. The van der Waals surface area contributed by atoms with Gasteiger partial charge in [-0.1, -0.05) is 17.7 Å². The molecule has 6 heteroatoms. The Labute approximate surface area is 138 Å². The molecule has 0 spiro atoms. The van der Waals surface area contributed by atoms with Gasteiger partial charge in [0.1, 0.15) is 17.2 Å². The molecule has 0 aliphatic rings. The van der Waals surface area contributed by atoms with Gasteiger partial charge in [0.15, 0.2) is 0 Å². The minimum absolute atomic E-state index is 0.124. The van der Waals surface area contributed by atoms with E-state index in [1.165, 1.54) is 0 Å². The van der Waals surface area contributed by atoms with Crippen LogP contribution in [0, 0.1) is 0 Å². The zero-order chi connectivity index (χ0) is 14.7. The lowest BCUT2D eigenvalue weighted by atomic mass is 10.2. The molecule has 0 heterocycles. The summed E-state index contributed by atoms with van der Waals surface area (Å²) in [6.45, 7) is -0.124. The molecule has 0 aliphatic heterocycles. The van der Waals surface area contributed by atoms with Gasteiger partial charge in [0, 0.05) is 10.6 Å². The number of hydrogen-bond acceptors (Lipinski definition) is 3. The van der Waals surface area contributed by atoms with E-state index in [-0.39, 0.29) is 6.61 Å². The number of ether oxygens (including phenoxy) is 2. The van der Waals surface area contributed by atoms with Crippen LogP contribution < -0.4 is 9.47 Å². The summed E-state index contributed by atoms with van der Waals surface area (Å²) in [5, 5.41) is 9.87. The Bertz CT molecular complexity index is 632. The molecule has 0 atom stereocenters. The molecule has 0 fully saturated rings. The van der Waals surface area contributed by atoms with Crippen molar-refractivity contribution in [2.45, 2.75) is 6.61 Å². The van der Waals surface area contributed by atoms with Gasteiger partial charge in [-0.05, 0) is 56.1 Å². The van der Waals surface area contributed by atoms with Gasteiger partial charge < -0.3 is 14.6 Å². The summed E-state index contributed by atoms with van der Waals surface area (Å²) in [4.78, 5) is 0. The van der Waals surface area contributed by atoms with E-state index in [1.807, 2.05) is 0 Å². The highest BCUT2D eigenvalue weighted by Crippen LogP contribution is 2.39. The molecule has 0 saturated heterocycles. The fourth-order valence-electron chi connectivity index (χ4n) is 1.62. The Kier molecular flexibility index (Phi) is 5.32. The van der Waals surface area contributed by atoms with Crippen LogP contribution in [0.15, 0.2) is 39.3 Å². The van der Waals surface area contributed by atoms with Crippen LogP contribution in [0.4, 0.5) is 0 Å². The molecule has 106 valence electrons. The van der Waals surface area contributed by atoms with Crippen molar-refractivity contribution < 1.29 is 14.6 Å². The first-order valence-corrected chi connectivity index (χ1v) is 7.61. The molecule has 0 unspecified atom stereocenters. The number of hydrogen-bond donors (Lipinski definition) is 1. The van der Waals surface area contributed by atoms with E-state index in [0.717, 1.165) is 8.95 Å². The molecule has 2 aromatic rings. The maximum Gasteiger partial charge on any atom is 0.143 e. The largest absolute Gasteiger partial charge is 0.496 e. The zero-order valence-corrected chi connectivity index (χ0v) is 14.4. The summed E-state index contributed by atoms with van der Waals surface area (Å²) >= 11 is 12.8. The van der Waals surface area contributed by atoms with Gasteiger partial charge in [-0.15, -0.1) is 0 Å². The van der Waals surface area contributed by atoms with Crippen LogP contribution in [-0.2, 0) is 6.61 Å². The number of rotatable bonds is 4. The number of aliphatic hydroxyl groups excluding tert-OH is 1. The van der Waals surface area contributed by atoms with Crippen LogP contribution in [0.3, 0.4) is 0 Å². The van der Waals surface area contributed by atoms with E-state index in [4.69, 9.17) is 21.1 Å². The standard InChI is InChI=1S/C14H11Br2ClO3/c1-19-13-5-11(16)14(6-10(13)15)20-12-4-9(17)3-2-8(12)7-18/h2-6,18H,7H2,1H3. The average Bonchev–Trinajstić information content (AvgIpc) is 2.42. The van der Waals surface area contributed by atoms with Gasteiger partial charge in [-0.25, -0.2) is 0 Å². The van der Waals surface area contributed by atoms with Crippen molar-refractivity contribution in [3.05, 3.63) is 49.9 Å². The Morgan fingerprint density at radius 1 is 1.05 bits per heavy atom. The lowest BCUT2D eigenvalue weighted by Gasteiger charge is -2.13. The van der Waals surface area contributed by atoms with Crippen molar-refractivity contribution in [2.24, 2.45) is 0 Å². The lowest BCUT2D eigenvalue weighted by Crippen LogP contribution is -1.93. The van der Waals surface area contributed by atoms with Crippen molar-refractivity contribution in [3.8, 4) is 17.2 Å². The van der Waals surface area contributed by atoms with Gasteiger partial charge in [0.2, 0.25) is 0 Å². The third-order valence-electron chi connectivity index (χ3n) is 2.63. The molecule has 1 N–H and O–H groups in total. The molecule has 0 amide bonds. The molecular formula is C14H11Br2ClO3. The summed E-state index contributed by atoms with van der Waals surface area (Å²) in [7, 11) is 1.59. The monoisotopic (exact) mass is 420 g/mol. The minimum Gasteiger partial charge on any atom is -0.496 e. The normalized spacial score (nSPS) is 10.4. The highest BCUT2D eigenvalue weighted by atomic mass is 79.9. The van der Waals surface area contributed by atoms with Crippen molar-refractivity contribution in [1.29, 1.82) is 0 Å². The molecule has 0 aromatic heterocycles. The highest BCUT2D eigenvalue weighted by Gasteiger charge is 2.11. The first kappa shape index (κ1) is 15.6. The maximum absolute atomic E-state index is 9.33. The number of benzene rings is 2. The molecule has 0 aliphatic carbocycles. The molecule has 0 bridgehead atoms. The second-order valence-corrected chi connectivity index (χ2v) is 6.07. The summed E-state index contributed by atoms with van der Waals surface area (Å²) < 4.78 is 12.5. The molecule has 20 heavy (non-hydrogen) atoms. The highest BCUT2D eigenvalue weighted by molar-refractivity contribution is 9.11. The van der Waals surface area contributed by atoms with Crippen LogP contribution in [0.5, 0.6) is 17.2 Å². The maximum atomic E-state index is 9.33. The van der Waals surface area contributed by atoms with E-state index in [9.17, 15) is 5.11 Å². The summed E-state index contributed by atoms with van der Waals surface area (Å²) in [6, 6.07) is 8.67. The zero-order valence-electron chi connectivity index (χ0n) is 10.5. The van der Waals surface area contributed by atoms with E-state index < -0.39 is 0 Å².